The van der Waals surface area contributed by atoms with Gasteiger partial charge in [0.1, 0.15) is 12.1 Å². The number of aromatic nitrogens is 4. The van der Waals surface area contributed by atoms with Gasteiger partial charge in [0, 0.05) is 7.05 Å². The summed E-state index contributed by atoms with van der Waals surface area (Å²) in [5.41, 5.74) is 3.77. The molecule has 1 N–H and O–H groups in total. The molecule has 0 bridgehead atoms. The second-order valence-corrected chi connectivity index (χ2v) is 6.68. The Morgan fingerprint density at radius 3 is 2.38 bits per heavy atom. The summed E-state index contributed by atoms with van der Waals surface area (Å²) in [6.07, 6.45) is 0. The standard InChI is InChI=1S/C19H23N5O2/c1-11-6-8-15(9-7-11)12(2)20-16(25)10-24-19(26)18-17(14(4)22-24)13(3)21-23(18)5/h6-9,12H,10H2,1-5H3,(H,20,25). The van der Waals surface area contributed by atoms with E-state index in [1.165, 1.54) is 10.2 Å². The Balaban J connectivity index is 1.83. The fourth-order valence-corrected chi connectivity index (χ4v) is 3.20. The summed E-state index contributed by atoms with van der Waals surface area (Å²) >= 11 is 0. The maximum absolute atomic E-state index is 12.7. The smallest absolute Gasteiger partial charge is 0.293 e. The number of hydrogen-bond acceptors (Lipinski definition) is 4. The highest BCUT2D eigenvalue weighted by Crippen LogP contribution is 2.16. The highest BCUT2D eigenvalue weighted by atomic mass is 16.2. The lowest BCUT2D eigenvalue weighted by molar-refractivity contribution is -0.122. The predicted octanol–water partition coefficient (Wildman–Crippen LogP) is 1.93. The fraction of sp³-hybridized carbons (Fsp3) is 0.368. The van der Waals surface area contributed by atoms with Crippen LogP contribution < -0.4 is 10.9 Å². The van der Waals surface area contributed by atoms with E-state index in [1.54, 1.807) is 11.7 Å². The zero-order valence-electron chi connectivity index (χ0n) is 15.7. The molecule has 0 saturated carbocycles. The van der Waals surface area contributed by atoms with Crippen molar-refractivity contribution in [1.82, 2.24) is 24.9 Å². The lowest BCUT2D eigenvalue weighted by Crippen LogP contribution is -2.35. The summed E-state index contributed by atoms with van der Waals surface area (Å²) in [4.78, 5) is 25.1. The van der Waals surface area contributed by atoms with Gasteiger partial charge in [0.05, 0.1) is 22.8 Å². The first kappa shape index (κ1) is 17.8. The molecule has 0 fully saturated rings. The van der Waals surface area contributed by atoms with Crippen LogP contribution in [0.5, 0.6) is 0 Å². The quantitative estimate of drug-likeness (QED) is 0.777. The Hall–Kier alpha value is -2.96. The van der Waals surface area contributed by atoms with Crippen LogP contribution in [0.4, 0.5) is 0 Å². The molecule has 2 aromatic heterocycles. The Bertz CT molecular complexity index is 1030. The van der Waals surface area contributed by atoms with Crippen LogP contribution in [-0.2, 0) is 18.4 Å². The summed E-state index contributed by atoms with van der Waals surface area (Å²) < 4.78 is 2.75. The molecule has 3 aromatic rings. The molecule has 7 nitrogen and oxygen atoms in total. The van der Waals surface area contributed by atoms with Gasteiger partial charge < -0.3 is 5.32 Å². The van der Waals surface area contributed by atoms with E-state index in [-0.39, 0.29) is 24.1 Å². The van der Waals surface area contributed by atoms with E-state index in [0.717, 1.165) is 16.6 Å². The largest absolute Gasteiger partial charge is 0.348 e. The van der Waals surface area contributed by atoms with Gasteiger partial charge in [-0.25, -0.2) is 4.68 Å². The van der Waals surface area contributed by atoms with E-state index in [0.29, 0.717) is 11.2 Å². The minimum atomic E-state index is -0.313. The molecule has 1 aromatic carbocycles. The van der Waals surface area contributed by atoms with E-state index in [1.807, 2.05) is 52.0 Å². The number of aryl methyl sites for hydroxylation is 4. The first-order chi connectivity index (χ1) is 12.3. The summed E-state index contributed by atoms with van der Waals surface area (Å²) in [5.74, 6) is -0.259. The Kier molecular flexibility index (Phi) is 4.63. The molecule has 1 atom stereocenters. The number of nitrogens with zero attached hydrogens (tertiary/aromatic N) is 4. The molecule has 2 heterocycles. The maximum atomic E-state index is 12.7. The van der Waals surface area contributed by atoms with E-state index < -0.39 is 0 Å². The van der Waals surface area contributed by atoms with E-state index in [9.17, 15) is 9.59 Å². The van der Waals surface area contributed by atoms with Crippen molar-refractivity contribution in [2.75, 3.05) is 0 Å². The number of amides is 1. The van der Waals surface area contributed by atoms with Crippen molar-refractivity contribution in [3.63, 3.8) is 0 Å². The molecule has 26 heavy (non-hydrogen) atoms. The number of fused-ring (bicyclic) bond motifs is 1. The molecular weight excluding hydrogens is 330 g/mol. The van der Waals surface area contributed by atoms with Crippen molar-refractivity contribution in [2.45, 2.75) is 40.3 Å². The third-order valence-electron chi connectivity index (χ3n) is 4.54. The second kappa shape index (κ2) is 6.74. The topological polar surface area (TPSA) is 81.8 Å². The van der Waals surface area contributed by atoms with Crippen molar-refractivity contribution in [2.24, 2.45) is 7.05 Å². The molecule has 0 aliphatic heterocycles. The maximum Gasteiger partial charge on any atom is 0.293 e. The summed E-state index contributed by atoms with van der Waals surface area (Å²) in [5, 5.41) is 12.3. The summed E-state index contributed by atoms with van der Waals surface area (Å²) in [6, 6.07) is 7.83. The molecule has 1 unspecified atom stereocenters. The van der Waals surface area contributed by atoms with Crippen molar-refractivity contribution in [3.8, 4) is 0 Å². The van der Waals surface area contributed by atoms with Gasteiger partial charge >= 0.3 is 0 Å². The van der Waals surface area contributed by atoms with Crippen molar-refractivity contribution >= 4 is 16.8 Å². The van der Waals surface area contributed by atoms with Crippen LogP contribution >= 0.6 is 0 Å². The first-order valence-electron chi connectivity index (χ1n) is 8.55. The van der Waals surface area contributed by atoms with E-state index in [4.69, 9.17) is 0 Å². The van der Waals surface area contributed by atoms with Crippen LogP contribution in [0.25, 0.3) is 10.9 Å². The number of hydrogen-bond donors (Lipinski definition) is 1. The third-order valence-corrected chi connectivity index (χ3v) is 4.54. The molecule has 7 heteroatoms. The number of carbonyl (C=O) groups excluding carboxylic acids is 1. The molecule has 0 saturated heterocycles. The van der Waals surface area contributed by atoms with Gasteiger partial charge in [-0.15, -0.1) is 0 Å². The van der Waals surface area contributed by atoms with Gasteiger partial charge in [-0.1, -0.05) is 29.8 Å². The monoisotopic (exact) mass is 353 g/mol. The lowest BCUT2D eigenvalue weighted by Gasteiger charge is -2.15. The van der Waals surface area contributed by atoms with Gasteiger partial charge in [-0.3, -0.25) is 14.3 Å². The van der Waals surface area contributed by atoms with Crippen LogP contribution in [0, 0.1) is 20.8 Å². The SMILES string of the molecule is Cc1ccc(C(C)NC(=O)Cn2nc(C)c3c(C)nn(C)c3c2=O)cc1. The Morgan fingerprint density at radius 2 is 1.73 bits per heavy atom. The van der Waals surface area contributed by atoms with Gasteiger partial charge in [-0.05, 0) is 33.3 Å². The summed E-state index contributed by atoms with van der Waals surface area (Å²) in [6.45, 7) is 7.47. The average Bonchev–Trinajstić information content (AvgIpc) is 2.87. The summed E-state index contributed by atoms with van der Waals surface area (Å²) in [7, 11) is 1.72. The molecule has 0 spiro atoms. The van der Waals surface area contributed by atoms with Gasteiger partial charge in [0.15, 0.2) is 0 Å². The molecule has 136 valence electrons. The number of nitrogens with one attached hydrogen (secondary N) is 1. The molecular formula is C19H23N5O2. The number of carbonyl (C=O) groups is 1. The number of rotatable bonds is 4. The first-order valence-corrected chi connectivity index (χ1v) is 8.55. The van der Waals surface area contributed by atoms with Crippen LogP contribution in [0.15, 0.2) is 29.1 Å². The molecule has 0 radical (unpaired) electrons. The van der Waals surface area contributed by atoms with Crippen LogP contribution in [0.1, 0.15) is 35.5 Å². The zero-order valence-corrected chi connectivity index (χ0v) is 15.7. The average molecular weight is 353 g/mol. The number of benzene rings is 1. The fourth-order valence-electron chi connectivity index (χ4n) is 3.20. The van der Waals surface area contributed by atoms with Crippen molar-refractivity contribution in [1.29, 1.82) is 0 Å². The van der Waals surface area contributed by atoms with Gasteiger partial charge in [0.25, 0.3) is 5.56 Å². The Morgan fingerprint density at radius 1 is 1.12 bits per heavy atom. The molecule has 1 amide bonds. The Labute approximate surface area is 151 Å². The van der Waals surface area contributed by atoms with Crippen LogP contribution in [0.2, 0.25) is 0 Å². The van der Waals surface area contributed by atoms with E-state index in [2.05, 4.69) is 15.5 Å². The molecule has 3 rings (SSSR count). The predicted molar refractivity (Wildman–Crippen MR) is 100.0 cm³/mol. The van der Waals surface area contributed by atoms with Crippen molar-refractivity contribution < 1.29 is 4.79 Å². The normalized spacial score (nSPS) is 12.3. The van der Waals surface area contributed by atoms with Crippen LogP contribution in [0.3, 0.4) is 0 Å². The highest BCUT2D eigenvalue weighted by Gasteiger charge is 2.17. The van der Waals surface area contributed by atoms with Gasteiger partial charge in [-0.2, -0.15) is 10.2 Å². The van der Waals surface area contributed by atoms with E-state index >= 15 is 0 Å². The zero-order chi connectivity index (χ0) is 19.0. The third kappa shape index (κ3) is 3.24. The second-order valence-electron chi connectivity index (χ2n) is 6.68. The lowest BCUT2D eigenvalue weighted by atomic mass is 10.1. The van der Waals surface area contributed by atoms with Crippen molar-refractivity contribution in [3.05, 3.63) is 57.1 Å². The molecule has 0 aliphatic rings. The minimum Gasteiger partial charge on any atom is -0.348 e. The highest BCUT2D eigenvalue weighted by molar-refractivity contribution is 5.83. The minimum absolute atomic E-state index is 0.129. The van der Waals surface area contributed by atoms with Crippen LogP contribution in [-0.4, -0.2) is 25.5 Å². The molecule has 0 aliphatic carbocycles. The van der Waals surface area contributed by atoms with Gasteiger partial charge in [0.2, 0.25) is 5.91 Å².